The molecule has 0 spiro atoms. The highest BCUT2D eigenvalue weighted by Gasteiger charge is 2.37. The first-order valence-corrected chi connectivity index (χ1v) is 9.44. The molecule has 168 valence electrons. The summed E-state index contributed by atoms with van der Waals surface area (Å²) in [7, 11) is 0. The third-order valence-corrected chi connectivity index (χ3v) is 4.47. The first-order valence-electron chi connectivity index (χ1n) is 9.07. The van der Waals surface area contributed by atoms with Crippen LogP contribution in [0, 0.1) is 5.82 Å². The number of carbonyl (C=O) groups excluding carboxylic acids is 1. The second kappa shape index (κ2) is 8.95. The van der Waals surface area contributed by atoms with Crippen molar-refractivity contribution in [1.29, 1.82) is 0 Å². The highest BCUT2D eigenvalue weighted by Crippen LogP contribution is 2.38. The molecule has 0 saturated heterocycles. The van der Waals surface area contributed by atoms with Crippen LogP contribution in [0.2, 0.25) is 5.02 Å². The van der Waals surface area contributed by atoms with Gasteiger partial charge in [-0.15, -0.1) is 0 Å². The number of ether oxygens (including phenoxy) is 1. The van der Waals surface area contributed by atoms with Crippen LogP contribution in [0.4, 0.5) is 23.2 Å². The number of amides is 1. The van der Waals surface area contributed by atoms with Gasteiger partial charge in [-0.2, -0.15) is 18.3 Å². The number of nitrogens with one attached hydrogen (secondary N) is 2. The predicted octanol–water partition coefficient (Wildman–Crippen LogP) is 5.14. The minimum atomic E-state index is -4.93. The molecule has 1 amide bonds. The van der Waals surface area contributed by atoms with Crippen molar-refractivity contribution in [3.63, 3.8) is 0 Å². The molecule has 0 fully saturated rings. The van der Waals surface area contributed by atoms with E-state index in [2.05, 4.69) is 20.5 Å². The second-order valence-electron chi connectivity index (χ2n) is 6.90. The van der Waals surface area contributed by atoms with Gasteiger partial charge in [-0.05, 0) is 30.2 Å². The van der Waals surface area contributed by atoms with Gasteiger partial charge < -0.3 is 10.1 Å². The lowest BCUT2D eigenvalue weighted by molar-refractivity contribution is -0.141. The normalized spacial score (nSPS) is 11.5. The summed E-state index contributed by atoms with van der Waals surface area (Å²) in [6.45, 7) is 3.46. The van der Waals surface area contributed by atoms with Crippen molar-refractivity contribution in [1.82, 2.24) is 15.2 Å². The van der Waals surface area contributed by atoms with Crippen LogP contribution in [0.25, 0.3) is 0 Å². The number of rotatable bonds is 5. The first-order chi connectivity index (χ1) is 15.0. The standard InChI is InChI=1S/C20H15ClF4N4O3/c1-9(2)12-5-10(22)3-4-15(12)32-19-13(7-14(21)17(28-19)20(23,24)25)18(31)27-11-6-16(30)29-26-8-11/h3-9H,1-2H3,(H2,27,29,30,31). The average Bonchev–Trinajstić information content (AvgIpc) is 2.69. The van der Waals surface area contributed by atoms with Crippen molar-refractivity contribution < 1.29 is 27.1 Å². The number of aromatic nitrogens is 3. The molecule has 7 nitrogen and oxygen atoms in total. The largest absolute Gasteiger partial charge is 0.438 e. The summed E-state index contributed by atoms with van der Waals surface area (Å²) in [6.07, 6.45) is -3.81. The third-order valence-electron chi connectivity index (χ3n) is 4.18. The topological polar surface area (TPSA) is 97.0 Å². The van der Waals surface area contributed by atoms with Gasteiger partial charge in [0.2, 0.25) is 5.88 Å². The second-order valence-corrected chi connectivity index (χ2v) is 7.30. The molecule has 0 atom stereocenters. The molecule has 0 aliphatic carbocycles. The molecule has 1 aromatic carbocycles. The molecule has 32 heavy (non-hydrogen) atoms. The number of H-pyrrole nitrogens is 1. The van der Waals surface area contributed by atoms with E-state index in [1.54, 1.807) is 13.8 Å². The van der Waals surface area contributed by atoms with Gasteiger partial charge in [-0.3, -0.25) is 9.59 Å². The third kappa shape index (κ3) is 5.22. The molecule has 0 aliphatic heterocycles. The van der Waals surface area contributed by atoms with E-state index in [1.165, 1.54) is 12.1 Å². The molecular formula is C20H15ClF4N4O3. The van der Waals surface area contributed by atoms with Crippen molar-refractivity contribution >= 4 is 23.2 Å². The van der Waals surface area contributed by atoms with Crippen molar-refractivity contribution in [2.45, 2.75) is 25.9 Å². The Kier molecular flexibility index (Phi) is 6.49. The highest BCUT2D eigenvalue weighted by atomic mass is 35.5. The summed E-state index contributed by atoms with van der Waals surface area (Å²) in [6, 6.07) is 5.21. The first kappa shape index (κ1) is 23.2. The van der Waals surface area contributed by atoms with Gasteiger partial charge in [-0.25, -0.2) is 14.5 Å². The maximum absolute atomic E-state index is 13.7. The van der Waals surface area contributed by atoms with Gasteiger partial charge in [0.05, 0.1) is 16.9 Å². The maximum Gasteiger partial charge on any atom is 0.434 e. The lowest BCUT2D eigenvalue weighted by Gasteiger charge is -2.17. The van der Waals surface area contributed by atoms with Crippen LogP contribution in [0.5, 0.6) is 11.6 Å². The zero-order valence-corrected chi connectivity index (χ0v) is 17.3. The van der Waals surface area contributed by atoms with E-state index in [4.69, 9.17) is 16.3 Å². The average molecular weight is 471 g/mol. The van der Waals surface area contributed by atoms with Crippen molar-refractivity contribution in [2.75, 3.05) is 5.32 Å². The Bertz CT molecular complexity index is 1230. The maximum atomic E-state index is 13.7. The van der Waals surface area contributed by atoms with Crippen LogP contribution >= 0.6 is 11.6 Å². The molecule has 12 heteroatoms. The monoisotopic (exact) mass is 470 g/mol. The molecule has 3 aromatic rings. The summed E-state index contributed by atoms with van der Waals surface area (Å²) in [4.78, 5) is 27.5. The number of hydrogen-bond donors (Lipinski definition) is 2. The number of halogens is 5. The van der Waals surface area contributed by atoms with Crippen LogP contribution in [-0.4, -0.2) is 21.1 Å². The summed E-state index contributed by atoms with van der Waals surface area (Å²) in [5.41, 5.74) is -2.19. The minimum absolute atomic E-state index is 0.0104. The minimum Gasteiger partial charge on any atom is -0.438 e. The number of alkyl halides is 3. The van der Waals surface area contributed by atoms with Crippen LogP contribution in [-0.2, 0) is 6.18 Å². The molecule has 0 saturated carbocycles. The molecule has 0 bridgehead atoms. The lowest BCUT2D eigenvalue weighted by atomic mass is 10.0. The van der Waals surface area contributed by atoms with E-state index in [0.717, 1.165) is 24.4 Å². The molecule has 2 N–H and O–H groups in total. The van der Waals surface area contributed by atoms with Crippen molar-refractivity contribution in [2.24, 2.45) is 0 Å². The zero-order chi connectivity index (χ0) is 23.6. The Morgan fingerprint density at radius 2 is 1.94 bits per heavy atom. The SMILES string of the molecule is CC(C)c1cc(F)ccc1Oc1nc(C(F)(F)F)c(Cl)cc1C(=O)Nc1cn[nH]c(=O)c1. The van der Waals surface area contributed by atoms with Gasteiger partial charge in [0.1, 0.15) is 17.1 Å². The molecule has 2 aromatic heterocycles. The van der Waals surface area contributed by atoms with Crippen LogP contribution in [0.15, 0.2) is 41.3 Å². The number of nitrogens with zero attached hydrogens (tertiary/aromatic N) is 2. The van der Waals surface area contributed by atoms with E-state index in [9.17, 15) is 27.2 Å². The Morgan fingerprint density at radius 3 is 2.56 bits per heavy atom. The summed E-state index contributed by atoms with van der Waals surface area (Å²) in [5, 5.41) is 7.11. The molecule has 3 rings (SSSR count). The molecule has 0 aliphatic rings. The Labute approximate surface area is 183 Å². The fourth-order valence-electron chi connectivity index (χ4n) is 2.72. The predicted molar refractivity (Wildman–Crippen MR) is 108 cm³/mol. The van der Waals surface area contributed by atoms with Gasteiger partial charge in [0.25, 0.3) is 11.5 Å². The van der Waals surface area contributed by atoms with E-state index in [0.29, 0.717) is 5.56 Å². The number of hydrogen-bond acceptors (Lipinski definition) is 5. The Balaban J connectivity index is 2.10. The summed E-state index contributed by atoms with van der Waals surface area (Å²) >= 11 is 5.73. The fourth-order valence-corrected chi connectivity index (χ4v) is 2.98. The summed E-state index contributed by atoms with van der Waals surface area (Å²) < 4.78 is 59.3. The number of carbonyl (C=O) groups is 1. The molecule has 0 unspecified atom stereocenters. The lowest BCUT2D eigenvalue weighted by Crippen LogP contribution is -2.18. The van der Waals surface area contributed by atoms with Crippen molar-refractivity contribution in [3.8, 4) is 11.6 Å². The van der Waals surface area contributed by atoms with Crippen LogP contribution in [0.1, 0.15) is 41.4 Å². The van der Waals surface area contributed by atoms with Crippen LogP contribution in [0.3, 0.4) is 0 Å². The van der Waals surface area contributed by atoms with Gasteiger partial charge >= 0.3 is 6.18 Å². The van der Waals surface area contributed by atoms with Crippen LogP contribution < -0.4 is 15.6 Å². The number of pyridine rings is 1. The van der Waals surface area contributed by atoms with Gasteiger partial charge in [0.15, 0.2) is 5.69 Å². The van der Waals surface area contributed by atoms with Gasteiger partial charge in [0, 0.05) is 11.6 Å². The quantitative estimate of drug-likeness (QED) is 0.503. The highest BCUT2D eigenvalue weighted by molar-refractivity contribution is 6.31. The fraction of sp³-hybridized carbons (Fsp3) is 0.200. The van der Waals surface area contributed by atoms with Crippen molar-refractivity contribution in [3.05, 3.63) is 74.5 Å². The van der Waals surface area contributed by atoms with Gasteiger partial charge in [-0.1, -0.05) is 25.4 Å². The smallest absolute Gasteiger partial charge is 0.434 e. The van der Waals surface area contributed by atoms with E-state index in [-0.39, 0.29) is 17.4 Å². The van der Waals surface area contributed by atoms with E-state index < -0.39 is 45.6 Å². The number of benzene rings is 1. The molecular weight excluding hydrogens is 456 g/mol. The summed E-state index contributed by atoms with van der Waals surface area (Å²) in [5.74, 6) is -2.47. The zero-order valence-electron chi connectivity index (χ0n) is 16.6. The number of anilines is 1. The number of aromatic amines is 1. The Hall–Kier alpha value is -3.47. The molecule has 0 radical (unpaired) electrons. The Morgan fingerprint density at radius 1 is 1.22 bits per heavy atom. The molecule has 2 heterocycles. The van der Waals surface area contributed by atoms with E-state index in [1.807, 2.05) is 0 Å². The van der Waals surface area contributed by atoms with E-state index >= 15 is 0 Å².